The van der Waals surface area contributed by atoms with Gasteiger partial charge in [0.25, 0.3) is 5.69 Å². The Labute approximate surface area is 146 Å². The largest absolute Gasteiger partial charge is 1.00 e. The molecule has 0 saturated carbocycles. The van der Waals surface area contributed by atoms with Gasteiger partial charge in [0.15, 0.2) is 5.58 Å². The maximum atomic E-state index is 12.3. The number of oxazole rings is 1. The average Bonchev–Trinajstić information content (AvgIpc) is 2.53. The summed E-state index contributed by atoms with van der Waals surface area (Å²) in [5.74, 6) is -1.19. The predicted octanol–water partition coefficient (Wildman–Crippen LogP) is -1.11. The molecule has 96 valence electrons. The van der Waals surface area contributed by atoms with Crippen molar-refractivity contribution in [2.24, 2.45) is 0 Å². The summed E-state index contributed by atoms with van der Waals surface area (Å²) in [5.41, 5.74) is -0.772. The van der Waals surface area contributed by atoms with Crippen LogP contribution in [0.2, 0.25) is 0 Å². The molecule has 19 heavy (non-hydrogen) atoms. The van der Waals surface area contributed by atoms with Crippen LogP contribution in [0.15, 0.2) is 27.4 Å². The Balaban J connectivity index is 0.00000180. The second-order valence-corrected chi connectivity index (χ2v) is 3.60. The van der Waals surface area contributed by atoms with Gasteiger partial charge in [-0.1, -0.05) is 0 Å². The van der Waals surface area contributed by atoms with E-state index in [0.717, 1.165) is 18.2 Å². The Bertz CT molecular complexity index is 681. The van der Waals surface area contributed by atoms with Crippen LogP contribution < -0.4 is 57.1 Å². The van der Waals surface area contributed by atoms with Crippen molar-refractivity contribution in [1.82, 2.24) is 4.57 Å². The Morgan fingerprint density at radius 2 is 2.00 bits per heavy atom. The molecule has 0 aliphatic rings. The number of nitro groups is 1. The van der Waals surface area contributed by atoms with E-state index in [1.54, 1.807) is 0 Å². The number of nitrogens with zero attached hydrogens (tertiary/aromatic N) is 2. The molecule has 0 N–H and O–H groups in total. The molecule has 0 aliphatic heterocycles. The molecule has 0 atom stereocenters. The summed E-state index contributed by atoms with van der Waals surface area (Å²) in [6, 6.07) is 3.02. The number of hydrogen-bond donors (Lipinski definition) is 0. The van der Waals surface area contributed by atoms with Crippen molar-refractivity contribution in [2.75, 3.05) is 0 Å². The van der Waals surface area contributed by atoms with Crippen LogP contribution in [0.5, 0.6) is 0 Å². The smallest absolute Gasteiger partial charge is 0.448 e. The van der Waals surface area contributed by atoms with E-state index in [1.807, 2.05) is 0 Å². The third kappa shape index (κ3) is 3.69. The van der Waals surface area contributed by atoms with Gasteiger partial charge >= 0.3 is 64.1 Å². The van der Waals surface area contributed by atoms with Crippen molar-refractivity contribution in [2.45, 2.75) is 6.44 Å². The number of non-ortho nitro benzene ring substituents is 1. The number of fused-ring (bicyclic) bond motifs is 1. The van der Waals surface area contributed by atoms with Crippen molar-refractivity contribution in [3.63, 3.8) is 0 Å². The molecule has 0 unspecified atom stereocenters. The van der Waals surface area contributed by atoms with Crippen LogP contribution in [-0.4, -0.2) is 16.5 Å². The van der Waals surface area contributed by atoms with E-state index < -0.39 is 29.8 Å². The number of benzene rings is 1. The quantitative estimate of drug-likeness (QED) is 0.409. The summed E-state index contributed by atoms with van der Waals surface area (Å²) < 4.78 is 41.8. The number of halogens is 3. The third-order valence-corrected chi connectivity index (χ3v) is 2.25. The molecule has 6 nitrogen and oxygen atoms in total. The fourth-order valence-electron chi connectivity index (χ4n) is 1.54. The summed E-state index contributed by atoms with van der Waals surface area (Å²) in [6.45, 7) is -5.25. The molecule has 0 amide bonds. The van der Waals surface area contributed by atoms with Gasteiger partial charge in [-0.25, -0.2) is 4.79 Å². The van der Waals surface area contributed by atoms with Crippen LogP contribution in [0.4, 0.5) is 18.6 Å². The first-order valence-corrected chi connectivity index (χ1v) is 4.77. The van der Waals surface area contributed by atoms with Crippen LogP contribution >= 0.6 is 0 Å². The molecule has 2 rings (SSSR count). The number of hydrogen-bond acceptors (Lipinski definition) is 4. The second kappa shape index (κ2) is 5.79. The fourth-order valence-corrected chi connectivity index (χ4v) is 1.54. The average molecular weight is 300 g/mol. The zero-order chi connectivity index (χ0) is 13.5. The summed E-state index contributed by atoms with van der Waals surface area (Å²) in [5, 5.41) is 10.5. The van der Waals surface area contributed by atoms with Crippen LogP contribution in [0.1, 0.15) is 0 Å². The molecule has 0 spiro atoms. The first-order valence-electron chi connectivity index (χ1n) is 4.77. The zero-order valence-electron chi connectivity index (χ0n) is 9.68. The van der Waals surface area contributed by atoms with Gasteiger partial charge in [-0.05, 0) is 12.5 Å². The van der Waals surface area contributed by atoms with Crippen LogP contribution in [0, 0.1) is 10.1 Å². The molecule has 0 fully saturated rings. The molecule has 0 saturated heterocycles. The van der Waals surface area contributed by atoms with Gasteiger partial charge in [0.1, 0.15) is 0 Å². The van der Waals surface area contributed by atoms with Crippen LogP contribution in [0.25, 0.3) is 11.1 Å². The molecular weight excluding hydrogens is 295 g/mol. The first kappa shape index (κ1) is 16.4. The minimum absolute atomic E-state index is 0. The van der Waals surface area contributed by atoms with Crippen LogP contribution in [0.3, 0.4) is 0 Å². The molecule has 1 heterocycles. The third-order valence-electron chi connectivity index (χ3n) is 2.25. The van der Waals surface area contributed by atoms with Gasteiger partial charge in [-0.3, -0.25) is 10.1 Å². The molecule has 11 heteroatoms. The molecule has 0 radical (unpaired) electrons. The van der Waals surface area contributed by atoms with Gasteiger partial charge in [0, 0.05) is 12.1 Å². The Hall–Kier alpha value is -0.619. The minimum atomic E-state index is -5.25. The van der Waals surface area contributed by atoms with Gasteiger partial charge in [0.05, 0.1) is 10.4 Å². The van der Waals surface area contributed by atoms with Gasteiger partial charge < -0.3 is 21.9 Å². The summed E-state index contributed by atoms with van der Waals surface area (Å²) in [6.07, 6.45) is -1.49. The maximum absolute atomic E-state index is 12.3. The normalized spacial score (nSPS) is 11.3. The van der Waals surface area contributed by atoms with Crippen molar-refractivity contribution in [3.05, 3.63) is 38.9 Å². The van der Waals surface area contributed by atoms with Gasteiger partial charge in [0.2, 0.25) is 0 Å². The molecular formula is C8H5BF3KN2O4. The molecule has 0 bridgehead atoms. The van der Waals surface area contributed by atoms with E-state index in [-0.39, 0.29) is 62.5 Å². The molecule has 0 aliphatic carbocycles. The standard InChI is InChI=1S/C8H5BF3N2O4.K/c10-9(11,12)4-13-6-3-5(14(16)17)1-2-7(6)18-8(13)15;/h1-3H,4H2;/q-1;+1. The monoisotopic (exact) mass is 300 g/mol. The number of rotatable bonds is 3. The summed E-state index contributed by atoms with van der Waals surface area (Å²) in [7, 11) is 0. The van der Waals surface area contributed by atoms with Crippen LogP contribution in [-0.2, 0) is 6.44 Å². The Kier molecular flexibility index (Phi) is 5.01. The van der Waals surface area contributed by atoms with Crippen molar-refractivity contribution in [3.8, 4) is 0 Å². The van der Waals surface area contributed by atoms with Crippen molar-refractivity contribution in [1.29, 1.82) is 0 Å². The first-order chi connectivity index (χ1) is 8.28. The number of aromatic nitrogens is 1. The van der Waals surface area contributed by atoms with Gasteiger partial charge in [-0.15, -0.1) is 0 Å². The van der Waals surface area contributed by atoms with E-state index in [1.165, 1.54) is 0 Å². The van der Waals surface area contributed by atoms with E-state index in [0.29, 0.717) is 4.57 Å². The van der Waals surface area contributed by atoms with Crippen molar-refractivity contribution >= 4 is 23.8 Å². The SMILES string of the molecule is O=c1oc2ccc([N+](=O)[O-])cc2n1C[B-](F)(F)F.[K+]. The fraction of sp³-hybridized carbons (Fsp3) is 0.125. The summed E-state index contributed by atoms with van der Waals surface area (Å²) in [4.78, 5) is 21.0. The molecule has 1 aromatic heterocycles. The predicted molar refractivity (Wildman–Crippen MR) is 56.2 cm³/mol. The Morgan fingerprint density at radius 1 is 1.37 bits per heavy atom. The summed E-state index contributed by atoms with van der Waals surface area (Å²) >= 11 is 0. The second-order valence-electron chi connectivity index (χ2n) is 3.60. The Morgan fingerprint density at radius 3 is 2.53 bits per heavy atom. The van der Waals surface area contributed by atoms with E-state index in [4.69, 9.17) is 0 Å². The van der Waals surface area contributed by atoms with E-state index in [2.05, 4.69) is 4.42 Å². The van der Waals surface area contributed by atoms with Crippen molar-refractivity contribution < 1.29 is 73.7 Å². The zero-order valence-corrected chi connectivity index (χ0v) is 12.8. The maximum Gasteiger partial charge on any atom is 1.00 e. The van der Waals surface area contributed by atoms with Gasteiger partial charge in [-0.2, -0.15) is 0 Å². The topological polar surface area (TPSA) is 78.3 Å². The number of nitro benzene ring substituents is 1. The van der Waals surface area contributed by atoms with E-state index >= 15 is 0 Å². The minimum Gasteiger partial charge on any atom is -0.448 e. The molecule has 2 aromatic rings. The van der Waals surface area contributed by atoms with E-state index in [9.17, 15) is 27.9 Å². The molecule has 1 aromatic carbocycles.